The Morgan fingerprint density at radius 3 is 2.64 bits per heavy atom. The number of anilines is 2. The van der Waals surface area contributed by atoms with Gasteiger partial charge in [0.25, 0.3) is 11.6 Å². The van der Waals surface area contributed by atoms with Crippen molar-refractivity contribution in [1.29, 1.82) is 0 Å². The molecule has 0 spiro atoms. The first-order valence-corrected chi connectivity index (χ1v) is 15.2. The van der Waals surface area contributed by atoms with E-state index in [-0.39, 0.29) is 40.7 Å². The molecule has 7 rings (SSSR count). The van der Waals surface area contributed by atoms with E-state index in [1.165, 1.54) is 23.3 Å². The summed E-state index contributed by atoms with van der Waals surface area (Å²) >= 11 is 0. The van der Waals surface area contributed by atoms with Gasteiger partial charge < -0.3 is 14.4 Å². The number of rotatable bonds is 5. The summed E-state index contributed by atoms with van der Waals surface area (Å²) in [5.41, 5.74) is 7.46. The minimum atomic E-state index is -0.585. The van der Waals surface area contributed by atoms with Gasteiger partial charge in [0.05, 0.1) is 23.3 Å². The van der Waals surface area contributed by atoms with Gasteiger partial charge in [0.15, 0.2) is 5.79 Å². The third-order valence-corrected chi connectivity index (χ3v) is 10.8. The van der Waals surface area contributed by atoms with Crippen LogP contribution in [0.5, 0.6) is 0 Å². The Kier molecular flexibility index (Phi) is 6.23. The number of ether oxygens (including phenoxy) is 2. The lowest BCUT2D eigenvalue weighted by molar-refractivity contribution is -0.384. The zero-order valence-corrected chi connectivity index (χ0v) is 24.7. The van der Waals surface area contributed by atoms with Crippen LogP contribution in [0.15, 0.2) is 60.7 Å². The molecule has 6 atom stereocenters. The number of nitrogens with zero attached hydrogens (tertiary/aromatic N) is 3. The molecule has 4 fully saturated rings. The third kappa shape index (κ3) is 4.23. The molecule has 3 unspecified atom stereocenters. The van der Waals surface area contributed by atoms with Crippen molar-refractivity contribution < 1.29 is 19.2 Å². The number of allylic oxidation sites excluding steroid dienone is 1. The molecule has 2 aromatic rings. The quantitative estimate of drug-likeness (QED) is 0.259. The molecule has 2 saturated carbocycles. The van der Waals surface area contributed by atoms with Crippen molar-refractivity contribution in [1.82, 2.24) is 5.01 Å². The van der Waals surface area contributed by atoms with E-state index in [9.17, 15) is 14.9 Å². The molecular formula is C33H40N4O5. The molecule has 0 bridgehead atoms. The Morgan fingerprint density at radius 2 is 1.88 bits per heavy atom. The van der Waals surface area contributed by atoms with Crippen LogP contribution in [0.3, 0.4) is 0 Å². The summed E-state index contributed by atoms with van der Waals surface area (Å²) in [6.07, 6.45) is 6.29. The van der Waals surface area contributed by atoms with Gasteiger partial charge in [-0.3, -0.25) is 20.3 Å². The van der Waals surface area contributed by atoms with Crippen molar-refractivity contribution >= 4 is 23.0 Å². The van der Waals surface area contributed by atoms with Crippen LogP contribution in [-0.2, 0) is 20.7 Å². The molecule has 222 valence electrons. The highest BCUT2D eigenvalue weighted by atomic mass is 16.7. The molecule has 9 heteroatoms. The minimum absolute atomic E-state index is 0.0203. The number of hydrazine groups is 1. The highest BCUT2D eigenvalue weighted by Gasteiger charge is 2.62. The van der Waals surface area contributed by atoms with Gasteiger partial charge in [-0.2, -0.15) is 0 Å². The average molecular weight is 573 g/mol. The monoisotopic (exact) mass is 572 g/mol. The lowest BCUT2D eigenvalue weighted by Crippen LogP contribution is -2.63. The Balaban J connectivity index is 1.27. The van der Waals surface area contributed by atoms with E-state index >= 15 is 0 Å². The normalized spacial score (nSPS) is 34.8. The lowest BCUT2D eigenvalue weighted by Gasteiger charge is -2.63. The molecule has 3 heterocycles. The highest BCUT2D eigenvalue weighted by Crippen LogP contribution is 2.63. The molecular weight excluding hydrogens is 532 g/mol. The summed E-state index contributed by atoms with van der Waals surface area (Å²) in [6.45, 7) is 11.5. The molecule has 5 aliphatic rings. The van der Waals surface area contributed by atoms with Gasteiger partial charge in [0.1, 0.15) is 12.2 Å². The lowest BCUT2D eigenvalue weighted by atomic mass is 9.47. The molecule has 2 aliphatic carbocycles. The van der Waals surface area contributed by atoms with E-state index in [0.717, 1.165) is 44.2 Å². The number of benzene rings is 2. The summed E-state index contributed by atoms with van der Waals surface area (Å²) in [7, 11) is 0. The summed E-state index contributed by atoms with van der Waals surface area (Å²) in [4.78, 5) is 27.3. The molecule has 2 aromatic carbocycles. The van der Waals surface area contributed by atoms with Crippen LogP contribution in [-0.4, -0.2) is 46.5 Å². The van der Waals surface area contributed by atoms with Gasteiger partial charge in [-0.1, -0.05) is 37.3 Å². The van der Waals surface area contributed by atoms with Crippen molar-refractivity contribution in [3.63, 3.8) is 0 Å². The Bertz CT molecular complexity index is 1440. The Hall–Kier alpha value is -3.43. The SMILES string of the molecule is C=C1CC[C@H]2C(CC3N(Nc4ccc([N+](=O)[O-])cc4)C(=O)[C@@H]4Cc5ccccc5N34)(CCC3OC(C)(C)OC[C@]32C)C1. The topological polar surface area (TPSA) is 97.2 Å². The van der Waals surface area contributed by atoms with Crippen LogP contribution >= 0.6 is 0 Å². The average Bonchev–Trinajstić information content (AvgIpc) is 3.45. The number of nitro benzene ring substituents is 1. The fourth-order valence-electron chi connectivity index (χ4n) is 8.93. The second-order valence-corrected chi connectivity index (χ2v) is 13.8. The third-order valence-electron chi connectivity index (χ3n) is 10.8. The first-order chi connectivity index (χ1) is 20.0. The van der Waals surface area contributed by atoms with Crippen LogP contribution in [0, 0.1) is 26.9 Å². The number of carbonyl (C=O) groups excluding carboxylic acids is 1. The molecule has 0 radical (unpaired) electrons. The number of hydrogen-bond acceptors (Lipinski definition) is 7. The summed E-state index contributed by atoms with van der Waals surface area (Å²) in [5.74, 6) is -0.195. The fraction of sp³-hybridized carbons (Fsp3) is 0.545. The number of carbonyl (C=O) groups is 1. The number of nitro groups is 1. The van der Waals surface area contributed by atoms with Crippen LogP contribution in [0.2, 0.25) is 0 Å². The van der Waals surface area contributed by atoms with Gasteiger partial charge in [-0.15, -0.1) is 0 Å². The molecule has 1 amide bonds. The van der Waals surface area contributed by atoms with Gasteiger partial charge in [0.2, 0.25) is 0 Å². The van der Waals surface area contributed by atoms with Gasteiger partial charge >= 0.3 is 0 Å². The number of nitrogens with one attached hydrogen (secondary N) is 1. The van der Waals surface area contributed by atoms with Crippen LogP contribution < -0.4 is 10.3 Å². The number of non-ortho nitro benzene ring substituents is 1. The van der Waals surface area contributed by atoms with Crippen molar-refractivity contribution in [2.45, 2.75) is 89.8 Å². The standard InChI is InChI=1S/C33H40N4O5/c1-21-9-14-27-32(4)20-41-31(2,3)42-28(32)15-16-33(27,18-21)19-29-35-25-8-6-5-7-22(25)17-26(35)30(38)36(29)34-23-10-12-24(13-11-23)37(39)40/h5-8,10-13,26-29,34H,1,9,14-20H2,2-4H3/t26-,27+,28?,29?,32-,33?/m0/s1. The maximum Gasteiger partial charge on any atom is 0.269 e. The van der Waals surface area contributed by atoms with Crippen molar-refractivity contribution in [3.05, 3.63) is 76.4 Å². The van der Waals surface area contributed by atoms with Crippen LogP contribution in [0.1, 0.15) is 64.9 Å². The zero-order chi connectivity index (χ0) is 29.4. The van der Waals surface area contributed by atoms with Crippen molar-refractivity contribution in [2.24, 2.45) is 16.7 Å². The van der Waals surface area contributed by atoms with E-state index in [1.54, 1.807) is 17.1 Å². The largest absolute Gasteiger partial charge is 0.350 e. The highest BCUT2D eigenvalue weighted by molar-refractivity contribution is 5.93. The van der Waals surface area contributed by atoms with Crippen molar-refractivity contribution in [2.75, 3.05) is 16.9 Å². The van der Waals surface area contributed by atoms with E-state index in [4.69, 9.17) is 9.47 Å². The summed E-state index contributed by atoms with van der Waals surface area (Å²) < 4.78 is 12.9. The number of hydrogen-bond donors (Lipinski definition) is 1. The Labute approximate surface area is 247 Å². The number of para-hydroxylation sites is 1. The van der Waals surface area contributed by atoms with Gasteiger partial charge in [-0.05, 0) is 87.5 Å². The maximum atomic E-state index is 14.1. The van der Waals surface area contributed by atoms with E-state index in [1.807, 2.05) is 26.0 Å². The second kappa shape index (κ2) is 9.54. The van der Waals surface area contributed by atoms with Gasteiger partial charge in [0, 0.05) is 29.7 Å². The number of fused-ring (bicyclic) bond motifs is 6. The molecule has 3 aliphatic heterocycles. The Morgan fingerprint density at radius 1 is 1.12 bits per heavy atom. The van der Waals surface area contributed by atoms with Gasteiger partial charge in [-0.25, -0.2) is 5.01 Å². The van der Waals surface area contributed by atoms with Crippen LogP contribution in [0.4, 0.5) is 17.1 Å². The molecule has 42 heavy (non-hydrogen) atoms. The first-order valence-electron chi connectivity index (χ1n) is 15.2. The first kappa shape index (κ1) is 27.4. The summed E-state index contributed by atoms with van der Waals surface area (Å²) in [6, 6.07) is 14.4. The summed E-state index contributed by atoms with van der Waals surface area (Å²) in [5, 5.41) is 13.0. The molecule has 2 saturated heterocycles. The second-order valence-electron chi connectivity index (χ2n) is 13.8. The molecule has 1 N–H and O–H groups in total. The van der Waals surface area contributed by atoms with Crippen molar-refractivity contribution in [3.8, 4) is 0 Å². The zero-order valence-electron chi connectivity index (χ0n) is 24.7. The predicted octanol–water partition coefficient (Wildman–Crippen LogP) is 6.21. The number of amides is 1. The minimum Gasteiger partial charge on any atom is -0.350 e. The smallest absolute Gasteiger partial charge is 0.269 e. The fourth-order valence-corrected chi connectivity index (χ4v) is 8.93. The predicted molar refractivity (Wildman–Crippen MR) is 160 cm³/mol. The molecule has 0 aromatic heterocycles. The van der Waals surface area contributed by atoms with Crippen LogP contribution in [0.25, 0.3) is 0 Å². The molecule has 9 nitrogen and oxygen atoms in total. The van der Waals surface area contributed by atoms with E-state index < -0.39 is 10.7 Å². The maximum absolute atomic E-state index is 14.1. The van der Waals surface area contributed by atoms with E-state index in [2.05, 4.69) is 36.0 Å². The van der Waals surface area contributed by atoms with E-state index in [0.29, 0.717) is 24.6 Å².